The Labute approximate surface area is 155 Å². The van der Waals surface area contributed by atoms with Crippen molar-refractivity contribution >= 4 is 6.21 Å². The van der Waals surface area contributed by atoms with Crippen LogP contribution in [-0.4, -0.2) is 49.6 Å². The molecule has 26 heavy (non-hydrogen) atoms. The van der Waals surface area contributed by atoms with Gasteiger partial charge in [0.2, 0.25) is 0 Å². The second-order valence-electron chi connectivity index (χ2n) is 6.95. The summed E-state index contributed by atoms with van der Waals surface area (Å²) in [6.07, 6.45) is 1.72. The maximum atomic E-state index is 10.1. The van der Waals surface area contributed by atoms with Crippen LogP contribution in [0.25, 0.3) is 0 Å². The van der Waals surface area contributed by atoms with Crippen molar-refractivity contribution in [2.45, 2.75) is 20.4 Å². The number of nitrogens with zero attached hydrogens (tertiary/aromatic N) is 2. The monoisotopic (exact) mass is 354 g/mol. The Kier molecular flexibility index (Phi) is 5.78. The van der Waals surface area contributed by atoms with Crippen LogP contribution in [-0.2, 0) is 6.54 Å². The first-order valence-electron chi connectivity index (χ1n) is 9.11. The normalized spacial score (nSPS) is 15.6. The van der Waals surface area contributed by atoms with Crippen LogP contribution in [0.5, 0.6) is 11.5 Å². The molecule has 0 radical (unpaired) electrons. The van der Waals surface area contributed by atoms with Gasteiger partial charge in [0.15, 0.2) is 11.5 Å². The number of benzene rings is 2. The van der Waals surface area contributed by atoms with E-state index in [-0.39, 0.29) is 5.75 Å². The minimum atomic E-state index is 0.137. The first kappa shape index (κ1) is 18.3. The lowest BCUT2D eigenvalue weighted by molar-refractivity contribution is -0.918. The molecule has 0 saturated carbocycles. The van der Waals surface area contributed by atoms with Crippen LogP contribution in [0.2, 0.25) is 0 Å². The van der Waals surface area contributed by atoms with Gasteiger partial charge in [0, 0.05) is 11.1 Å². The number of nitrogens with one attached hydrogen (secondary N) is 1. The van der Waals surface area contributed by atoms with E-state index >= 15 is 0 Å². The summed E-state index contributed by atoms with van der Waals surface area (Å²) in [5.41, 5.74) is 4.81. The van der Waals surface area contributed by atoms with Crippen molar-refractivity contribution in [1.82, 2.24) is 5.01 Å². The summed E-state index contributed by atoms with van der Waals surface area (Å²) >= 11 is 0. The summed E-state index contributed by atoms with van der Waals surface area (Å²) in [4.78, 5) is 1.59. The smallest absolute Gasteiger partial charge is 0.166 e. The van der Waals surface area contributed by atoms with E-state index in [4.69, 9.17) is 4.74 Å². The number of aromatic hydroxyl groups is 1. The van der Waals surface area contributed by atoms with Gasteiger partial charge in [-0.15, -0.1) is 0 Å². The molecule has 0 amide bonds. The van der Waals surface area contributed by atoms with E-state index in [2.05, 4.69) is 42.2 Å². The van der Waals surface area contributed by atoms with Crippen LogP contribution < -0.4 is 9.64 Å². The number of hydrazone groups is 1. The summed E-state index contributed by atoms with van der Waals surface area (Å²) in [5, 5.41) is 16.7. The van der Waals surface area contributed by atoms with E-state index in [0.29, 0.717) is 11.3 Å². The van der Waals surface area contributed by atoms with Crippen LogP contribution in [0.4, 0.5) is 0 Å². The molecule has 2 aromatic carbocycles. The lowest BCUT2D eigenvalue weighted by Gasteiger charge is -2.30. The molecule has 138 valence electrons. The van der Waals surface area contributed by atoms with Gasteiger partial charge in [-0.2, -0.15) is 5.10 Å². The number of phenolic OH excluding ortho intramolecular Hbond substituents is 1. The molecule has 2 N–H and O–H groups in total. The van der Waals surface area contributed by atoms with Crippen LogP contribution in [0.1, 0.15) is 22.3 Å². The summed E-state index contributed by atoms with van der Waals surface area (Å²) < 4.78 is 5.14. The number of methoxy groups -OCH3 is 1. The van der Waals surface area contributed by atoms with Gasteiger partial charge in [-0.3, -0.25) is 5.01 Å². The fourth-order valence-electron chi connectivity index (χ4n) is 3.37. The lowest BCUT2D eigenvalue weighted by atomic mass is 10.1. The zero-order chi connectivity index (χ0) is 18.5. The predicted molar refractivity (Wildman–Crippen MR) is 104 cm³/mol. The van der Waals surface area contributed by atoms with Crippen LogP contribution in [0.15, 0.2) is 41.5 Å². The first-order valence-corrected chi connectivity index (χ1v) is 9.11. The molecule has 0 atom stereocenters. The molecular formula is C21H28N3O2+. The number of para-hydroxylation sites is 1. The van der Waals surface area contributed by atoms with Crippen molar-refractivity contribution < 1.29 is 14.7 Å². The van der Waals surface area contributed by atoms with Crippen molar-refractivity contribution in [3.05, 3.63) is 58.7 Å². The summed E-state index contributed by atoms with van der Waals surface area (Å²) in [6, 6.07) is 12.1. The molecule has 3 rings (SSSR count). The van der Waals surface area contributed by atoms with Crippen molar-refractivity contribution in [2.24, 2.45) is 5.10 Å². The molecule has 1 heterocycles. The van der Waals surface area contributed by atoms with Crippen molar-refractivity contribution in [2.75, 3.05) is 33.3 Å². The Hall–Kier alpha value is -2.53. The molecule has 0 bridgehead atoms. The molecule has 0 unspecified atom stereocenters. The zero-order valence-corrected chi connectivity index (χ0v) is 15.8. The highest BCUT2D eigenvalue weighted by Crippen LogP contribution is 2.28. The Morgan fingerprint density at radius 1 is 1.19 bits per heavy atom. The Bertz CT molecular complexity index is 781. The number of hydrogen-bond donors (Lipinski definition) is 2. The number of quaternary nitrogens is 1. The van der Waals surface area contributed by atoms with E-state index in [9.17, 15) is 5.11 Å². The van der Waals surface area contributed by atoms with E-state index in [1.54, 1.807) is 24.3 Å². The second-order valence-corrected chi connectivity index (χ2v) is 6.95. The third-order valence-electron chi connectivity index (χ3n) is 5.00. The molecule has 1 aliphatic heterocycles. The molecule has 1 aliphatic rings. The molecule has 2 aromatic rings. The summed E-state index contributed by atoms with van der Waals surface area (Å²) in [6.45, 7) is 9.37. The van der Waals surface area contributed by atoms with Crippen LogP contribution >= 0.6 is 0 Å². The van der Waals surface area contributed by atoms with E-state index in [0.717, 1.165) is 32.7 Å². The van der Waals surface area contributed by atoms with Gasteiger partial charge in [0.25, 0.3) is 0 Å². The SMILES string of the molecule is COc1cccc(C=NN2CC[NH+](Cc3ccc(C)cc3C)CC2)c1O. The van der Waals surface area contributed by atoms with E-state index < -0.39 is 0 Å². The van der Waals surface area contributed by atoms with Crippen molar-refractivity contribution in [1.29, 1.82) is 0 Å². The molecule has 1 saturated heterocycles. The number of aryl methyl sites for hydroxylation is 2. The van der Waals surface area contributed by atoms with Crippen molar-refractivity contribution in [3.63, 3.8) is 0 Å². The van der Waals surface area contributed by atoms with Gasteiger partial charge >= 0.3 is 0 Å². The third kappa shape index (κ3) is 4.35. The number of piperazine rings is 1. The summed E-state index contributed by atoms with van der Waals surface area (Å²) in [5.74, 6) is 0.606. The second kappa shape index (κ2) is 8.23. The highest BCUT2D eigenvalue weighted by atomic mass is 16.5. The zero-order valence-electron chi connectivity index (χ0n) is 15.8. The van der Waals surface area contributed by atoms with Crippen LogP contribution in [0.3, 0.4) is 0 Å². The lowest BCUT2D eigenvalue weighted by Crippen LogP contribution is -3.13. The topological polar surface area (TPSA) is 49.5 Å². The Morgan fingerprint density at radius 3 is 2.65 bits per heavy atom. The molecule has 5 nitrogen and oxygen atoms in total. The highest BCUT2D eigenvalue weighted by molar-refractivity contribution is 5.84. The van der Waals surface area contributed by atoms with Gasteiger partial charge in [-0.25, -0.2) is 0 Å². The molecule has 1 fully saturated rings. The summed E-state index contributed by atoms with van der Waals surface area (Å²) in [7, 11) is 1.55. The maximum Gasteiger partial charge on any atom is 0.166 e. The fourth-order valence-corrected chi connectivity index (χ4v) is 3.37. The average molecular weight is 354 g/mol. The highest BCUT2D eigenvalue weighted by Gasteiger charge is 2.19. The minimum absolute atomic E-state index is 0.137. The molecular weight excluding hydrogens is 326 g/mol. The molecule has 0 spiro atoms. The Morgan fingerprint density at radius 2 is 1.96 bits per heavy atom. The largest absolute Gasteiger partial charge is 0.504 e. The first-order chi connectivity index (χ1) is 12.6. The van der Waals surface area contributed by atoms with Gasteiger partial charge in [0.1, 0.15) is 6.54 Å². The minimum Gasteiger partial charge on any atom is -0.504 e. The number of hydrogen-bond acceptors (Lipinski definition) is 4. The third-order valence-corrected chi connectivity index (χ3v) is 5.00. The van der Waals surface area contributed by atoms with Crippen molar-refractivity contribution in [3.8, 4) is 11.5 Å². The quantitative estimate of drug-likeness (QED) is 0.805. The van der Waals surface area contributed by atoms with Gasteiger partial charge in [-0.05, 0) is 31.5 Å². The maximum absolute atomic E-state index is 10.1. The number of rotatable bonds is 5. The molecule has 0 aliphatic carbocycles. The van der Waals surface area contributed by atoms with Gasteiger partial charge < -0.3 is 14.7 Å². The Balaban J connectivity index is 1.55. The van der Waals surface area contributed by atoms with E-state index in [1.165, 1.54) is 16.7 Å². The molecule has 5 heteroatoms. The van der Waals surface area contributed by atoms with E-state index in [1.807, 2.05) is 12.1 Å². The predicted octanol–water partition coefficient (Wildman–Crippen LogP) is 1.75. The van der Waals surface area contributed by atoms with Gasteiger partial charge in [0.05, 0.1) is 39.5 Å². The number of phenols is 1. The van der Waals surface area contributed by atoms with Crippen LogP contribution in [0, 0.1) is 13.8 Å². The fraction of sp³-hybridized carbons (Fsp3) is 0.381. The standard InChI is InChI=1S/C21H27N3O2/c1-16-7-8-19(17(2)13-16)15-23-9-11-24(12-10-23)22-14-18-5-4-6-20(26-3)21(18)25/h4-8,13-14,25H,9-12,15H2,1-3H3/p+1. The molecule has 0 aromatic heterocycles. The average Bonchev–Trinajstić information content (AvgIpc) is 2.64. The van der Waals surface area contributed by atoms with Gasteiger partial charge in [-0.1, -0.05) is 29.8 Å². The number of ether oxygens (including phenoxy) is 1.